The molecule has 0 aliphatic carbocycles. The summed E-state index contributed by atoms with van der Waals surface area (Å²) in [6.07, 6.45) is 0.647. The highest BCUT2D eigenvalue weighted by Crippen LogP contribution is 2.17. The SMILES string of the molecule is CCC(CCC(=O)O)C(=O)O.c1ccc(-c2ccccc2)cc1. The first-order valence-corrected chi connectivity index (χ1v) is 7.59. The van der Waals surface area contributed by atoms with E-state index in [4.69, 9.17) is 10.2 Å². The van der Waals surface area contributed by atoms with Crippen LogP contribution in [-0.2, 0) is 9.59 Å². The van der Waals surface area contributed by atoms with Crippen LogP contribution in [-0.4, -0.2) is 22.2 Å². The molecule has 0 fully saturated rings. The van der Waals surface area contributed by atoms with E-state index < -0.39 is 17.9 Å². The van der Waals surface area contributed by atoms with Crippen molar-refractivity contribution in [2.24, 2.45) is 5.92 Å². The van der Waals surface area contributed by atoms with Gasteiger partial charge in [0.1, 0.15) is 0 Å². The Kier molecular flexibility index (Phi) is 8.14. The maximum absolute atomic E-state index is 10.4. The highest BCUT2D eigenvalue weighted by Gasteiger charge is 2.15. The number of rotatable bonds is 6. The summed E-state index contributed by atoms with van der Waals surface area (Å²) in [6, 6.07) is 20.8. The summed E-state index contributed by atoms with van der Waals surface area (Å²) >= 11 is 0. The Labute approximate surface area is 136 Å². The first kappa shape index (κ1) is 18.4. The number of carboxylic acid groups (broad SMARTS) is 2. The van der Waals surface area contributed by atoms with Crippen LogP contribution in [0.2, 0.25) is 0 Å². The van der Waals surface area contributed by atoms with Crippen molar-refractivity contribution in [1.29, 1.82) is 0 Å². The molecule has 4 heteroatoms. The molecule has 23 heavy (non-hydrogen) atoms. The molecule has 0 aliphatic heterocycles. The Morgan fingerprint density at radius 3 is 1.61 bits per heavy atom. The molecular weight excluding hydrogens is 292 g/mol. The molecule has 0 aromatic heterocycles. The molecule has 0 saturated heterocycles. The monoisotopic (exact) mass is 314 g/mol. The topological polar surface area (TPSA) is 74.6 Å². The molecular formula is C19H22O4. The van der Waals surface area contributed by atoms with Crippen LogP contribution in [0.1, 0.15) is 26.2 Å². The van der Waals surface area contributed by atoms with Gasteiger partial charge in [0, 0.05) is 6.42 Å². The maximum Gasteiger partial charge on any atom is 0.306 e. The van der Waals surface area contributed by atoms with Crippen LogP contribution in [0.5, 0.6) is 0 Å². The number of hydrogen-bond acceptors (Lipinski definition) is 2. The van der Waals surface area contributed by atoms with Gasteiger partial charge in [0.25, 0.3) is 0 Å². The van der Waals surface area contributed by atoms with Gasteiger partial charge in [-0.1, -0.05) is 67.6 Å². The summed E-state index contributed by atoms with van der Waals surface area (Å²) in [5, 5.41) is 16.7. The Hall–Kier alpha value is -2.62. The number of benzene rings is 2. The zero-order chi connectivity index (χ0) is 17.1. The Morgan fingerprint density at radius 2 is 1.30 bits per heavy atom. The number of aliphatic carboxylic acids is 2. The molecule has 1 unspecified atom stereocenters. The van der Waals surface area contributed by atoms with Gasteiger partial charge in [0.15, 0.2) is 0 Å². The Balaban J connectivity index is 0.000000232. The van der Waals surface area contributed by atoms with Crippen molar-refractivity contribution in [2.75, 3.05) is 0 Å². The molecule has 4 nitrogen and oxygen atoms in total. The summed E-state index contributed by atoms with van der Waals surface area (Å²) in [4.78, 5) is 20.4. The average Bonchev–Trinajstić information content (AvgIpc) is 2.57. The minimum Gasteiger partial charge on any atom is -0.481 e. The second-order valence-electron chi connectivity index (χ2n) is 5.11. The maximum atomic E-state index is 10.4. The van der Waals surface area contributed by atoms with Crippen molar-refractivity contribution in [1.82, 2.24) is 0 Å². The molecule has 2 aromatic carbocycles. The van der Waals surface area contributed by atoms with Crippen molar-refractivity contribution >= 4 is 11.9 Å². The molecule has 0 spiro atoms. The van der Waals surface area contributed by atoms with Crippen LogP contribution in [0.3, 0.4) is 0 Å². The fourth-order valence-electron chi connectivity index (χ4n) is 2.06. The lowest BCUT2D eigenvalue weighted by Gasteiger charge is -2.05. The normalized spacial score (nSPS) is 11.0. The second-order valence-corrected chi connectivity index (χ2v) is 5.11. The molecule has 2 rings (SSSR count). The first-order chi connectivity index (χ1) is 11.0. The minimum atomic E-state index is -0.940. The van der Waals surface area contributed by atoms with E-state index in [1.165, 1.54) is 11.1 Å². The summed E-state index contributed by atoms with van der Waals surface area (Å²) in [6.45, 7) is 1.74. The quantitative estimate of drug-likeness (QED) is 0.833. The zero-order valence-electron chi connectivity index (χ0n) is 13.2. The highest BCUT2D eigenvalue weighted by molar-refractivity contribution is 5.72. The van der Waals surface area contributed by atoms with Crippen molar-refractivity contribution in [3.05, 3.63) is 60.7 Å². The van der Waals surface area contributed by atoms with E-state index in [0.29, 0.717) is 6.42 Å². The molecule has 0 radical (unpaired) electrons. The van der Waals surface area contributed by atoms with Gasteiger partial charge in [-0.25, -0.2) is 0 Å². The van der Waals surface area contributed by atoms with Gasteiger partial charge < -0.3 is 10.2 Å². The highest BCUT2D eigenvalue weighted by atomic mass is 16.4. The summed E-state index contributed by atoms with van der Waals surface area (Å²) in [5.41, 5.74) is 2.55. The largest absolute Gasteiger partial charge is 0.481 e. The fraction of sp³-hybridized carbons (Fsp3) is 0.263. The van der Waals surface area contributed by atoms with Crippen LogP contribution in [0.25, 0.3) is 11.1 Å². The van der Waals surface area contributed by atoms with Crippen LogP contribution >= 0.6 is 0 Å². The predicted molar refractivity (Wildman–Crippen MR) is 90.2 cm³/mol. The van der Waals surface area contributed by atoms with E-state index in [0.717, 1.165) is 0 Å². The first-order valence-electron chi connectivity index (χ1n) is 7.59. The summed E-state index contributed by atoms with van der Waals surface area (Å²) in [7, 11) is 0. The van der Waals surface area contributed by atoms with E-state index in [1.807, 2.05) is 12.1 Å². The van der Waals surface area contributed by atoms with Crippen LogP contribution in [0.4, 0.5) is 0 Å². The number of carbonyl (C=O) groups is 2. The van der Waals surface area contributed by atoms with E-state index in [2.05, 4.69) is 48.5 Å². The van der Waals surface area contributed by atoms with Crippen molar-refractivity contribution in [2.45, 2.75) is 26.2 Å². The smallest absolute Gasteiger partial charge is 0.306 e. The molecule has 0 bridgehead atoms. The standard InChI is InChI=1S/C12H10.C7H12O4/c1-3-7-11(8-4-1)12-9-5-2-6-10-12;1-2-5(7(10)11)3-4-6(8)9/h1-10H;5H,2-4H2,1H3,(H,8,9)(H,10,11). The molecule has 2 aromatic rings. The van der Waals surface area contributed by atoms with E-state index >= 15 is 0 Å². The van der Waals surface area contributed by atoms with Crippen LogP contribution in [0.15, 0.2) is 60.7 Å². The average molecular weight is 314 g/mol. The Bertz CT molecular complexity index is 556. The van der Waals surface area contributed by atoms with Gasteiger partial charge in [-0.2, -0.15) is 0 Å². The summed E-state index contributed by atoms with van der Waals surface area (Å²) < 4.78 is 0. The van der Waals surface area contributed by atoms with Gasteiger partial charge in [-0.3, -0.25) is 9.59 Å². The van der Waals surface area contributed by atoms with Gasteiger partial charge in [0.2, 0.25) is 0 Å². The Morgan fingerprint density at radius 1 is 0.870 bits per heavy atom. The minimum absolute atomic E-state index is 0.0647. The van der Waals surface area contributed by atoms with Gasteiger partial charge in [-0.05, 0) is 24.0 Å². The lowest BCUT2D eigenvalue weighted by atomic mass is 10.0. The van der Waals surface area contributed by atoms with Crippen LogP contribution < -0.4 is 0 Å². The fourth-order valence-corrected chi connectivity index (χ4v) is 2.06. The third kappa shape index (κ3) is 7.27. The number of carboxylic acids is 2. The molecule has 1 atom stereocenters. The van der Waals surface area contributed by atoms with Gasteiger partial charge in [0.05, 0.1) is 5.92 Å². The third-order valence-corrected chi connectivity index (χ3v) is 3.43. The third-order valence-electron chi connectivity index (χ3n) is 3.43. The molecule has 0 heterocycles. The zero-order valence-corrected chi connectivity index (χ0v) is 13.2. The lowest BCUT2D eigenvalue weighted by Crippen LogP contribution is -2.13. The van der Waals surface area contributed by atoms with Crippen molar-refractivity contribution in [3.63, 3.8) is 0 Å². The molecule has 0 saturated carbocycles. The van der Waals surface area contributed by atoms with Crippen molar-refractivity contribution in [3.8, 4) is 11.1 Å². The van der Waals surface area contributed by atoms with Gasteiger partial charge in [-0.15, -0.1) is 0 Å². The second kappa shape index (κ2) is 10.2. The molecule has 2 N–H and O–H groups in total. The number of hydrogen-bond donors (Lipinski definition) is 2. The molecule has 122 valence electrons. The van der Waals surface area contributed by atoms with E-state index in [9.17, 15) is 9.59 Å². The molecule has 0 aliphatic rings. The summed E-state index contributed by atoms with van der Waals surface area (Å²) in [5.74, 6) is -2.36. The van der Waals surface area contributed by atoms with Gasteiger partial charge >= 0.3 is 11.9 Å². The predicted octanol–water partition coefficient (Wildman–Crippen LogP) is 4.32. The molecule has 0 amide bonds. The van der Waals surface area contributed by atoms with Crippen molar-refractivity contribution < 1.29 is 19.8 Å². The van der Waals surface area contributed by atoms with Crippen LogP contribution in [0, 0.1) is 5.92 Å². The lowest BCUT2D eigenvalue weighted by molar-refractivity contribution is -0.143. The van der Waals surface area contributed by atoms with E-state index in [1.54, 1.807) is 6.92 Å². The van der Waals surface area contributed by atoms with E-state index in [-0.39, 0.29) is 12.8 Å².